The molecule has 0 saturated heterocycles. The van der Waals surface area contributed by atoms with Gasteiger partial charge in [0.15, 0.2) is 11.6 Å². The van der Waals surface area contributed by atoms with E-state index in [0.717, 1.165) is 5.56 Å². The van der Waals surface area contributed by atoms with Crippen LogP contribution in [0.15, 0.2) is 47.1 Å². The van der Waals surface area contributed by atoms with Gasteiger partial charge in [0.25, 0.3) is 0 Å². The van der Waals surface area contributed by atoms with Crippen molar-refractivity contribution >= 4 is 11.6 Å². The zero-order chi connectivity index (χ0) is 17.8. The molecule has 0 unspecified atom stereocenters. The molecule has 2 N–H and O–H groups in total. The van der Waals surface area contributed by atoms with Crippen LogP contribution in [0.4, 0.5) is 5.69 Å². The van der Waals surface area contributed by atoms with E-state index in [1.165, 1.54) is 0 Å². The van der Waals surface area contributed by atoms with E-state index in [0.29, 0.717) is 28.8 Å². The van der Waals surface area contributed by atoms with Crippen molar-refractivity contribution < 1.29 is 19.1 Å². The molecule has 2 aromatic heterocycles. The number of imidazole rings is 1. The monoisotopic (exact) mass is 341 g/mol. The molecule has 25 heavy (non-hydrogen) atoms. The van der Waals surface area contributed by atoms with Crippen LogP contribution in [0.25, 0.3) is 11.6 Å². The Morgan fingerprint density at radius 3 is 2.92 bits per heavy atom. The number of anilines is 1. The van der Waals surface area contributed by atoms with E-state index in [9.17, 15) is 4.79 Å². The molecule has 0 aliphatic carbocycles. The normalized spacial score (nSPS) is 10.7. The van der Waals surface area contributed by atoms with E-state index in [-0.39, 0.29) is 19.1 Å². The summed E-state index contributed by atoms with van der Waals surface area (Å²) >= 11 is 0. The van der Waals surface area contributed by atoms with E-state index in [1.54, 1.807) is 36.2 Å². The number of aryl methyl sites for hydroxylation is 1. The summed E-state index contributed by atoms with van der Waals surface area (Å²) in [6.45, 7) is 1.83. The largest absolute Gasteiger partial charge is 0.495 e. The second kappa shape index (κ2) is 7.23. The first-order valence-corrected chi connectivity index (χ1v) is 7.76. The number of hydrogen-bond acceptors (Lipinski definition) is 5. The zero-order valence-electron chi connectivity index (χ0n) is 14.0. The van der Waals surface area contributed by atoms with Crippen molar-refractivity contribution in [3.8, 4) is 17.3 Å². The molecular formula is C18H19N3O4. The SMILES string of the molecule is COc1ccc(C)cc1NC(=O)Cn1ccnc1-c1ccc(CO)o1. The highest BCUT2D eigenvalue weighted by molar-refractivity contribution is 5.92. The Hall–Kier alpha value is -3.06. The lowest BCUT2D eigenvalue weighted by Gasteiger charge is -2.12. The Labute approximate surface area is 144 Å². The van der Waals surface area contributed by atoms with Crippen molar-refractivity contribution in [3.63, 3.8) is 0 Å². The lowest BCUT2D eigenvalue weighted by atomic mass is 10.2. The highest BCUT2D eigenvalue weighted by Crippen LogP contribution is 2.25. The number of rotatable bonds is 6. The summed E-state index contributed by atoms with van der Waals surface area (Å²) in [7, 11) is 1.56. The number of ether oxygens (including phenoxy) is 1. The van der Waals surface area contributed by atoms with Gasteiger partial charge in [-0.3, -0.25) is 4.79 Å². The van der Waals surface area contributed by atoms with Crippen LogP contribution in [0.3, 0.4) is 0 Å². The Morgan fingerprint density at radius 1 is 1.36 bits per heavy atom. The lowest BCUT2D eigenvalue weighted by Crippen LogP contribution is -2.19. The zero-order valence-corrected chi connectivity index (χ0v) is 14.0. The number of aliphatic hydroxyl groups is 1. The standard InChI is InChI=1S/C18H19N3O4/c1-12-3-5-15(24-2)14(9-12)20-17(23)10-21-8-7-19-18(21)16-6-4-13(11-22)25-16/h3-9,22H,10-11H2,1-2H3,(H,20,23). The fourth-order valence-electron chi connectivity index (χ4n) is 2.51. The number of furan rings is 1. The van der Waals surface area contributed by atoms with Crippen molar-refractivity contribution in [2.24, 2.45) is 0 Å². The van der Waals surface area contributed by atoms with Gasteiger partial charge < -0.3 is 24.1 Å². The topological polar surface area (TPSA) is 89.5 Å². The average molecular weight is 341 g/mol. The molecule has 0 aliphatic heterocycles. The van der Waals surface area contributed by atoms with E-state index in [2.05, 4.69) is 10.3 Å². The Morgan fingerprint density at radius 2 is 2.20 bits per heavy atom. The van der Waals surface area contributed by atoms with Gasteiger partial charge >= 0.3 is 0 Å². The molecule has 0 spiro atoms. The third-order valence-electron chi connectivity index (χ3n) is 3.70. The van der Waals surface area contributed by atoms with Gasteiger partial charge in [0, 0.05) is 12.4 Å². The number of amides is 1. The first kappa shape index (κ1) is 16.8. The molecule has 7 nitrogen and oxygen atoms in total. The fraction of sp³-hybridized carbons (Fsp3) is 0.222. The van der Waals surface area contributed by atoms with Gasteiger partial charge in [0.05, 0.1) is 12.8 Å². The second-order valence-corrected chi connectivity index (χ2v) is 5.55. The number of methoxy groups -OCH3 is 1. The van der Waals surface area contributed by atoms with Crippen LogP contribution in [0.2, 0.25) is 0 Å². The van der Waals surface area contributed by atoms with Crippen LogP contribution >= 0.6 is 0 Å². The maximum absolute atomic E-state index is 12.4. The summed E-state index contributed by atoms with van der Waals surface area (Å²) in [5.41, 5.74) is 1.64. The summed E-state index contributed by atoms with van der Waals surface area (Å²) in [5, 5.41) is 12.0. The molecule has 130 valence electrons. The molecule has 3 rings (SSSR count). The van der Waals surface area contributed by atoms with Crippen LogP contribution in [0.1, 0.15) is 11.3 Å². The summed E-state index contributed by atoms with van der Waals surface area (Å²) in [6.07, 6.45) is 3.29. The van der Waals surface area contributed by atoms with Gasteiger partial charge in [-0.1, -0.05) is 6.07 Å². The molecule has 0 radical (unpaired) electrons. The predicted octanol–water partition coefficient (Wildman–Crippen LogP) is 2.59. The van der Waals surface area contributed by atoms with Crippen molar-refractivity contribution in [3.05, 3.63) is 54.0 Å². The number of hydrogen-bond donors (Lipinski definition) is 2. The van der Waals surface area contributed by atoms with Gasteiger partial charge in [-0.2, -0.15) is 0 Å². The Kier molecular flexibility index (Phi) is 4.85. The van der Waals surface area contributed by atoms with E-state index < -0.39 is 0 Å². The average Bonchev–Trinajstić information content (AvgIpc) is 3.23. The van der Waals surface area contributed by atoms with E-state index in [4.69, 9.17) is 14.3 Å². The third-order valence-corrected chi connectivity index (χ3v) is 3.70. The number of nitrogens with one attached hydrogen (secondary N) is 1. The maximum atomic E-state index is 12.4. The molecule has 3 aromatic rings. The van der Waals surface area contributed by atoms with E-state index >= 15 is 0 Å². The molecule has 0 fully saturated rings. The molecule has 7 heteroatoms. The third kappa shape index (κ3) is 3.72. The molecule has 1 aromatic carbocycles. The van der Waals surface area contributed by atoms with Gasteiger partial charge in [0.2, 0.25) is 5.91 Å². The fourth-order valence-corrected chi connectivity index (χ4v) is 2.51. The predicted molar refractivity (Wildman–Crippen MR) is 92.2 cm³/mol. The van der Waals surface area contributed by atoms with Crippen LogP contribution < -0.4 is 10.1 Å². The molecule has 1 amide bonds. The van der Waals surface area contributed by atoms with Gasteiger partial charge in [0.1, 0.15) is 24.7 Å². The minimum absolute atomic E-state index is 0.0710. The van der Waals surface area contributed by atoms with Crippen LogP contribution in [-0.2, 0) is 17.9 Å². The molecule has 0 saturated carbocycles. The minimum Gasteiger partial charge on any atom is -0.495 e. The van der Waals surface area contributed by atoms with E-state index in [1.807, 2.05) is 25.1 Å². The van der Waals surface area contributed by atoms with Gasteiger partial charge in [-0.25, -0.2) is 4.98 Å². The minimum atomic E-state index is -0.211. The summed E-state index contributed by atoms with van der Waals surface area (Å²) in [5.74, 6) is 1.85. The number of aromatic nitrogens is 2. The Balaban J connectivity index is 1.76. The molecule has 2 heterocycles. The van der Waals surface area contributed by atoms with Crippen LogP contribution in [-0.4, -0.2) is 27.7 Å². The highest BCUT2D eigenvalue weighted by Gasteiger charge is 2.14. The van der Waals surface area contributed by atoms with Crippen LogP contribution in [0, 0.1) is 6.92 Å². The highest BCUT2D eigenvalue weighted by atomic mass is 16.5. The first-order chi connectivity index (χ1) is 12.1. The van der Waals surface area contributed by atoms with Crippen molar-refractivity contribution in [2.45, 2.75) is 20.1 Å². The Bertz CT molecular complexity index is 882. The lowest BCUT2D eigenvalue weighted by molar-refractivity contribution is -0.116. The summed E-state index contributed by atoms with van der Waals surface area (Å²) < 4.78 is 12.4. The van der Waals surface area contributed by atoms with Crippen molar-refractivity contribution in [1.82, 2.24) is 9.55 Å². The first-order valence-electron chi connectivity index (χ1n) is 7.76. The number of aliphatic hydroxyl groups excluding tert-OH is 1. The van der Waals surface area contributed by atoms with Crippen molar-refractivity contribution in [2.75, 3.05) is 12.4 Å². The van der Waals surface area contributed by atoms with Crippen LogP contribution in [0.5, 0.6) is 5.75 Å². The second-order valence-electron chi connectivity index (χ2n) is 5.55. The van der Waals surface area contributed by atoms with Gasteiger partial charge in [-0.05, 0) is 36.8 Å². The number of carbonyl (C=O) groups excluding carboxylic acids is 1. The molecule has 0 bridgehead atoms. The molecular weight excluding hydrogens is 322 g/mol. The number of nitrogens with zero attached hydrogens (tertiary/aromatic N) is 2. The molecule has 0 atom stereocenters. The van der Waals surface area contributed by atoms with Crippen molar-refractivity contribution in [1.29, 1.82) is 0 Å². The van der Waals surface area contributed by atoms with Gasteiger partial charge in [-0.15, -0.1) is 0 Å². The maximum Gasteiger partial charge on any atom is 0.244 e. The number of carbonyl (C=O) groups is 1. The summed E-state index contributed by atoms with van der Waals surface area (Å²) in [4.78, 5) is 16.6. The molecule has 0 aliphatic rings. The number of benzene rings is 1. The smallest absolute Gasteiger partial charge is 0.244 e. The quantitative estimate of drug-likeness (QED) is 0.719. The summed E-state index contributed by atoms with van der Waals surface area (Å²) in [6, 6.07) is 8.97.